The fourth-order valence-electron chi connectivity index (χ4n) is 4.15. The summed E-state index contributed by atoms with van der Waals surface area (Å²) in [4.78, 5) is 0. The molecule has 1 aliphatic carbocycles. The Labute approximate surface area is 134 Å². The highest BCUT2D eigenvalue weighted by Gasteiger charge is 2.38. The van der Waals surface area contributed by atoms with Crippen molar-refractivity contribution in [2.45, 2.75) is 45.6 Å². The van der Waals surface area contributed by atoms with Crippen molar-refractivity contribution in [1.29, 1.82) is 0 Å². The first-order valence-corrected chi connectivity index (χ1v) is 8.30. The largest absolute Gasteiger partial charge is 0.371 e. The molecule has 120 valence electrons. The quantitative estimate of drug-likeness (QED) is 0.837. The lowest BCUT2D eigenvalue weighted by atomic mass is 9.75. The van der Waals surface area contributed by atoms with Gasteiger partial charge in [-0.3, -0.25) is 5.43 Å². The molecule has 5 nitrogen and oxygen atoms in total. The molecule has 0 saturated carbocycles. The first-order valence-electron chi connectivity index (χ1n) is 8.30. The number of epoxide rings is 1. The van der Waals surface area contributed by atoms with E-state index < -0.39 is 6.23 Å². The molecule has 0 radical (unpaired) electrons. The number of benzene rings is 1. The number of aliphatic hydroxyl groups excluding tert-OH is 1. The van der Waals surface area contributed by atoms with Crippen LogP contribution >= 0.6 is 0 Å². The summed E-state index contributed by atoms with van der Waals surface area (Å²) < 4.78 is 7.88. The van der Waals surface area contributed by atoms with Crippen LogP contribution in [0.4, 0.5) is 0 Å². The van der Waals surface area contributed by atoms with Crippen LogP contribution in [0.5, 0.6) is 0 Å². The summed E-state index contributed by atoms with van der Waals surface area (Å²) in [5.41, 5.74) is 8.85. The summed E-state index contributed by atoms with van der Waals surface area (Å²) in [5.74, 6) is 0. The lowest BCUT2D eigenvalue weighted by Gasteiger charge is -2.31. The standard InChI is InChI=1S/C18H21N3O2/c1-18(2)6-12-16-14(7-18)21(8-10-9-23-10)13-5-3-4-11(15(13)16)17(22)20-19-12/h3-5,10,17,20,22H,6-9H2,1-2H3. The SMILES string of the molecule is CC1(C)CC2=NNC(O)c3cccc4c3c2c(n4CC2CO2)C1. The normalized spacial score (nSPS) is 27.3. The van der Waals surface area contributed by atoms with Crippen LogP contribution in [0, 0.1) is 5.41 Å². The van der Waals surface area contributed by atoms with Gasteiger partial charge in [0.1, 0.15) is 0 Å². The van der Waals surface area contributed by atoms with E-state index in [1.54, 1.807) is 0 Å². The molecule has 2 unspecified atom stereocenters. The van der Waals surface area contributed by atoms with Gasteiger partial charge in [-0.1, -0.05) is 26.0 Å². The molecule has 0 spiro atoms. The molecule has 2 aromatic rings. The maximum atomic E-state index is 10.5. The lowest BCUT2D eigenvalue weighted by molar-refractivity contribution is 0.143. The molecule has 2 aliphatic heterocycles. The summed E-state index contributed by atoms with van der Waals surface area (Å²) in [5, 5.41) is 16.2. The minimum absolute atomic E-state index is 0.166. The van der Waals surface area contributed by atoms with Crippen LogP contribution in [-0.2, 0) is 17.7 Å². The van der Waals surface area contributed by atoms with Gasteiger partial charge in [-0.25, -0.2) is 0 Å². The summed E-state index contributed by atoms with van der Waals surface area (Å²) >= 11 is 0. The van der Waals surface area contributed by atoms with Gasteiger partial charge in [0.05, 0.1) is 25.0 Å². The summed E-state index contributed by atoms with van der Waals surface area (Å²) in [7, 11) is 0. The van der Waals surface area contributed by atoms with Crippen LogP contribution in [0.3, 0.4) is 0 Å². The van der Waals surface area contributed by atoms with Gasteiger partial charge in [-0.2, -0.15) is 5.10 Å². The van der Waals surface area contributed by atoms with Crippen molar-refractivity contribution >= 4 is 16.6 Å². The van der Waals surface area contributed by atoms with Gasteiger partial charge >= 0.3 is 0 Å². The lowest BCUT2D eigenvalue weighted by Crippen LogP contribution is -2.30. The molecule has 1 aromatic carbocycles. The minimum Gasteiger partial charge on any atom is -0.371 e. The third-order valence-electron chi connectivity index (χ3n) is 5.22. The van der Waals surface area contributed by atoms with Crippen LogP contribution in [0.1, 0.15) is 43.3 Å². The predicted molar refractivity (Wildman–Crippen MR) is 88.4 cm³/mol. The van der Waals surface area contributed by atoms with Crippen LogP contribution in [0.2, 0.25) is 0 Å². The molecule has 23 heavy (non-hydrogen) atoms. The summed E-state index contributed by atoms with van der Waals surface area (Å²) in [6, 6.07) is 6.17. The number of hydrazone groups is 1. The predicted octanol–water partition coefficient (Wildman–Crippen LogP) is 2.31. The van der Waals surface area contributed by atoms with Crippen molar-refractivity contribution in [3.8, 4) is 0 Å². The van der Waals surface area contributed by atoms with E-state index in [1.807, 2.05) is 12.1 Å². The van der Waals surface area contributed by atoms with E-state index in [1.165, 1.54) is 16.8 Å². The average molecular weight is 311 g/mol. The Balaban J connectivity index is 1.86. The fourth-order valence-corrected chi connectivity index (χ4v) is 4.15. The molecule has 3 heterocycles. The van der Waals surface area contributed by atoms with E-state index in [4.69, 9.17) is 4.74 Å². The van der Waals surface area contributed by atoms with E-state index >= 15 is 0 Å². The fraction of sp³-hybridized carbons (Fsp3) is 0.500. The minimum atomic E-state index is -0.753. The molecule has 1 aromatic heterocycles. The smallest absolute Gasteiger partial charge is 0.166 e. The third kappa shape index (κ3) is 1.96. The summed E-state index contributed by atoms with van der Waals surface area (Å²) in [6.45, 7) is 6.32. The van der Waals surface area contributed by atoms with Gasteiger partial charge in [0.15, 0.2) is 6.23 Å². The Hall–Kier alpha value is -1.85. The molecule has 2 N–H and O–H groups in total. The molecule has 5 heteroatoms. The van der Waals surface area contributed by atoms with Crippen molar-refractivity contribution in [3.05, 3.63) is 35.0 Å². The van der Waals surface area contributed by atoms with Crippen molar-refractivity contribution < 1.29 is 9.84 Å². The number of aromatic nitrogens is 1. The highest BCUT2D eigenvalue weighted by atomic mass is 16.6. The Morgan fingerprint density at radius 3 is 3.00 bits per heavy atom. The van der Waals surface area contributed by atoms with Gasteiger partial charge in [-0.15, -0.1) is 0 Å². The van der Waals surface area contributed by atoms with Gasteiger partial charge in [0.25, 0.3) is 0 Å². The third-order valence-corrected chi connectivity index (χ3v) is 5.22. The molecular formula is C18H21N3O2. The number of rotatable bonds is 2. The molecule has 3 aliphatic rings. The van der Waals surface area contributed by atoms with Crippen molar-refractivity contribution in [1.82, 2.24) is 9.99 Å². The van der Waals surface area contributed by atoms with E-state index in [2.05, 4.69) is 35.0 Å². The number of hydrogen-bond donors (Lipinski definition) is 2. The zero-order valence-electron chi connectivity index (χ0n) is 13.5. The highest BCUT2D eigenvalue weighted by molar-refractivity contribution is 6.14. The Morgan fingerprint density at radius 1 is 1.39 bits per heavy atom. The second-order valence-corrected chi connectivity index (χ2v) is 7.74. The van der Waals surface area contributed by atoms with Gasteiger partial charge < -0.3 is 14.4 Å². The van der Waals surface area contributed by atoms with Gasteiger partial charge in [0, 0.05) is 27.7 Å². The second-order valence-electron chi connectivity index (χ2n) is 7.74. The maximum absolute atomic E-state index is 10.5. The van der Waals surface area contributed by atoms with E-state index in [0.717, 1.165) is 42.7 Å². The number of aliphatic hydroxyl groups is 1. The van der Waals surface area contributed by atoms with Crippen molar-refractivity contribution in [2.24, 2.45) is 10.5 Å². The summed E-state index contributed by atoms with van der Waals surface area (Å²) in [6.07, 6.45) is 1.53. The van der Waals surface area contributed by atoms with Crippen LogP contribution < -0.4 is 5.43 Å². The van der Waals surface area contributed by atoms with E-state index in [-0.39, 0.29) is 5.41 Å². The highest BCUT2D eigenvalue weighted by Crippen LogP contribution is 2.43. The molecule has 5 rings (SSSR count). The molecular weight excluding hydrogens is 290 g/mol. The average Bonchev–Trinajstić information content (AvgIpc) is 3.28. The Bertz CT molecular complexity index is 846. The number of nitrogens with one attached hydrogen (secondary N) is 1. The zero-order valence-corrected chi connectivity index (χ0v) is 13.5. The topological polar surface area (TPSA) is 62.1 Å². The number of hydrogen-bond acceptors (Lipinski definition) is 4. The maximum Gasteiger partial charge on any atom is 0.166 e. The molecule has 1 saturated heterocycles. The van der Waals surface area contributed by atoms with E-state index in [0.29, 0.717) is 6.10 Å². The number of ether oxygens (including phenoxy) is 1. The van der Waals surface area contributed by atoms with E-state index in [9.17, 15) is 5.11 Å². The van der Waals surface area contributed by atoms with Crippen molar-refractivity contribution in [3.63, 3.8) is 0 Å². The Kier molecular flexibility index (Phi) is 2.58. The monoisotopic (exact) mass is 311 g/mol. The number of nitrogens with zero attached hydrogens (tertiary/aromatic N) is 2. The van der Waals surface area contributed by atoms with Crippen LogP contribution in [0.15, 0.2) is 23.3 Å². The second kappa shape index (κ2) is 4.36. The zero-order chi connectivity index (χ0) is 15.8. The Morgan fingerprint density at radius 2 is 2.22 bits per heavy atom. The van der Waals surface area contributed by atoms with Crippen LogP contribution in [0.25, 0.3) is 10.9 Å². The first kappa shape index (κ1) is 13.6. The van der Waals surface area contributed by atoms with Crippen molar-refractivity contribution in [2.75, 3.05) is 6.61 Å². The van der Waals surface area contributed by atoms with Gasteiger partial charge in [0.2, 0.25) is 0 Å². The van der Waals surface area contributed by atoms with Gasteiger partial charge in [-0.05, 0) is 24.3 Å². The molecule has 1 fully saturated rings. The first-order chi connectivity index (χ1) is 11.0. The molecule has 2 atom stereocenters. The molecule has 0 amide bonds. The molecule has 0 bridgehead atoms. The van der Waals surface area contributed by atoms with Crippen LogP contribution in [-0.4, -0.2) is 28.1 Å².